The van der Waals surface area contributed by atoms with Crippen LogP contribution in [0, 0.1) is 0 Å². The number of amides is 1. The fraction of sp³-hybridized carbons (Fsp3) is 0.750. The summed E-state index contributed by atoms with van der Waals surface area (Å²) in [6.45, 7) is 4.18. The largest absolute Gasteiger partial charge is 0.394 e. The smallest absolute Gasteiger partial charge is 0.220 e. The SMILES string of the molecule is CC/C=C\C/C=C\C/C=C\C/C=C\C/C=C\CCCCCCCCCCCCCCCCCCCCCCCCCC(=O)NC(CO)C(O)/C=C/CC/C=C/CCCCCCCCC. The summed E-state index contributed by atoms with van der Waals surface area (Å²) in [6.07, 6.45) is 80.4. The van der Waals surface area contributed by atoms with Crippen molar-refractivity contribution >= 4 is 5.91 Å². The monoisotopic (exact) mass is 890 g/mol. The number of unbranched alkanes of at least 4 members (excludes halogenated alkanes) is 31. The predicted octanol–water partition coefficient (Wildman–Crippen LogP) is 18.4. The van der Waals surface area contributed by atoms with Gasteiger partial charge in [0.15, 0.2) is 0 Å². The Morgan fingerprint density at radius 1 is 0.391 bits per heavy atom. The summed E-state index contributed by atoms with van der Waals surface area (Å²) in [6, 6.07) is -0.639. The number of aliphatic hydroxyl groups is 2. The zero-order chi connectivity index (χ0) is 46.3. The summed E-state index contributed by atoms with van der Waals surface area (Å²) >= 11 is 0. The van der Waals surface area contributed by atoms with Gasteiger partial charge in [0.05, 0.1) is 18.8 Å². The third-order valence-corrected chi connectivity index (χ3v) is 12.4. The van der Waals surface area contributed by atoms with E-state index in [2.05, 4.69) is 92.1 Å². The molecule has 0 saturated carbocycles. The van der Waals surface area contributed by atoms with E-state index in [9.17, 15) is 15.0 Å². The summed E-state index contributed by atoms with van der Waals surface area (Å²) in [4.78, 5) is 12.4. The molecule has 0 rings (SSSR count). The molecule has 0 spiro atoms. The molecule has 0 radical (unpaired) electrons. The van der Waals surface area contributed by atoms with Crippen LogP contribution in [-0.4, -0.2) is 34.9 Å². The van der Waals surface area contributed by atoms with Crippen LogP contribution in [0.15, 0.2) is 85.1 Å². The molecular weight excluding hydrogens is 783 g/mol. The van der Waals surface area contributed by atoms with Gasteiger partial charge in [-0.3, -0.25) is 4.79 Å². The van der Waals surface area contributed by atoms with E-state index in [0.717, 1.165) is 64.2 Å². The molecule has 3 N–H and O–H groups in total. The molecule has 0 aliphatic rings. The highest BCUT2D eigenvalue weighted by atomic mass is 16.3. The second-order valence-corrected chi connectivity index (χ2v) is 18.6. The molecule has 370 valence electrons. The van der Waals surface area contributed by atoms with E-state index in [-0.39, 0.29) is 12.5 Å². The van der Waals surface area contributed by atoms with Crippen molar-refractivity contribution < 1.29 is 15.0 Å². The number of carbonyl (C=O) groups is 1. The number of nitrogens with one attached hydrogen (secondary N) is 1. The van der Waals surface area contributed by atoms with Crippen LogP contribution in [0.5, 0.6) is 0 Å². The van der Waals surface area contributed by atoms with Crippen LogP contribution in [0.2, 0.25) is 0 Å². The second-order valence-electron chi connectivity index (χ2n) is 18.6. The third-order valence-electron chi connectivity index (χ3n) is 12.4. The topological polar surface area (TPSA) is 69.6 Å². The van der Waals surface area contributed by atoms with Gasteiger partial charge in [-0.15, -0.1) is 0 Å². The summed E-state index contributed by atoms with van der Waals surface area (Å²) in [7, 11) is 0. The minimum Gasteiger partial charge on any atom is -0.394 e. The van der Waals surface area contributed by atoms with Crippen LogP contribution in [-0.2, 0) is 4.79 Å². The van der Waals surface area contributed by atoms with Crippen LogP contribution < -0.4 is 5.32 Å². The Morgan fingerprint density at radius 2 is 0.703 bits per heavy atom. The first-order chi connectivity index (χ1) is 31.7. The second kappa shape index (κ2) is 54.9. The minimum absolute atomic E-state index is 0.0729. The average molecular weight is 891 g/mol. The lowest BCUT2D eigenvalue weighted by molar-refractivity contribution is -0.123. The highest BCUT2D eigenvalue weighted by Gasteiger charge is 2.18. The predicted molar refractivity (Wildman–Crippen MR) is 285 cm³/mol. The Bertz CT molecular complexity index is 1150. The van der Waals surface area contributed by atoms with E-state index < -0.39 is 12.1 Å². The molecule has 0 saturated heterocycles. The third kappa shape index (κ3) is 50.6. The van der Waals surface area contributed by atoms with Crippen molar-refractivity contribution in [2.75, 3.05) is 6.61 Å². The summed E-state index contributed by atoms with van der Waals surface area (Å²) in [5.41, 5.74) is 0. The normalized spacial score (nSPS) is 13.5. The number of hydrogen-bond donors (Lipinski definition) is 3. The van der Waals surface area contributed by atoms with Gasteiger partial charge in [-0.2, -0.15) is 0 Å². The highest BCUT2D eigenvalue weighted by molar-refractivity contribution is 5.76. The fourth-order valence-corrected chi connectivity index (χ4v) is 8.16. The van der Waals surface area contributed by atoms with Gasteiger partial charge in [0.1, 0.15) is 0 Å². The Kier molecular flexibility index (Phi) is 52.8. The molecule has 0 heterocycles. The van der Waals surface area contributed by atoms with E-state index in [0.29, 0.717) is 6.42 Å². The Labute approximate surface area is 399 Å². The first kappa shape index (κ1) is 61.6. The number of allylic oxidation sites excluding steroid dienone is 13. The molecule has 0 aliphatic carbocycles. The maximum absolute atomic E-state index is 12.4. The van der Waals surface area contributed by atoms with Crippen LogP contribution in [0.25, 0.3) is 0 Å². The highest BCUT2D eigenvalue weighted by Crippen LogP contribution is 2.16. The van der Waals surface area contributed by atoms with E-state index >= 15 is 0 Å². The van der Waals surface area contributed by atoms with Crippen molar-refractivity contribution in [1.29, 1.82) is 0 Å². The summed E-state index contributed by atoms with van der Waals surface area (Å²) < 4.78 is 0. The van der Waals surface area contributed by atoms with Gasteiger partial charge in [0, 0.05) is 6.42 Å². The molecule has 64 heavy (non-hydrogen) atoms. The average Bonchev–Trinajstić information content (AvgIpc) is 3.30. The first-order valence-corrected chi connectivity index (χ1v) is 27.8. The summed E-state index contributed by atoms with van der Waals surface area (Å²) in [5.74, 6) is -0.0729. The molecular formula is C60H107NO3. The molecule has 2 atom stereocenters. The van der Waals surface area contributed by atoms with Crippen LogP contribution >= 0.6 is 0 Å². The first-order valence-electron chi connectivity index (χ1n) is 27.8. The van der Waals surface area contributed by atoms with Gasteiger partial charge in [0.2, 0.25) is 5.91 Å². The van der Waals surface area contributed by atoms with E-state index in [1.807, 2.05) is 6.08 Å². The lowest BCUT2D eigenvalue weighted by Crippen LogP contribution is -2.45. The Balaban J connectivity index is 3.44. The minimum atomic E-state index is -0.862. The molecule has 0 fully saturated rings. The zero-order valence-corrected chi connectivity index (χ0v) is 42.5. The van der Waals surface area contributed by atoms with E-state index in [4.69, 9.17) is 0 Å². The van der Waals surface area contributed by atoms with Gasteiger partial charge < -0.3 is 15.5 Å². The number of aliphatic hydroxyl groups excluding tert-OH is 2. The van der Waals surface area contributed by atoms with Crippen LogP contribution in [0.3, 0.4) is 0 Å². The standard InChI is InChI=1S/C60H107NO3/c1-3-5-7-9-11-13-15-17-18-19-20-21-22-23-24-25-26-27-28-29-30-31-32-33-34-35-36-37-38-39-40-41-42-44-46-48-50-52-54-56-60(64)61-58(57-62)59(63)55-53-51-49-47-45-43-16-14-12-10-8-6-4-2/h5,7,11,13,17-18,20-21,23-24,45,47,53,55,58-59,62-63H,3-4,6,8-10,12,14-16,19,22,25-44,46,48-52,54,56-57H2,1-2H3,(H,61,64)/b7-5-,13-11-,18-17-,21-20-,24-23-,47-45+,55-53+. The molecule has 4 nitrogen and oxygen atoms in total. The van der Waals surface area contributed by atoms with Crippen LogP contribution in [0.4, 0.5) is 0 Å². The van der Waals surface area contributed by atoms with Gasteiger partial charge >= 0.3 is 0 Å². The molecule has 2 unspecified atom stereocenters. The van der Waals surface area contributed by atoms with Gasteiger partial charge in [0.25, 0.3) is 0 Å². The van der Waals surface area contributed by atoms with Gasteiger partial charge in [-0.1, -0.05) is 272 Å². The molecule has 0 bridgehead atoms. The maximum Gasteiger partial charge on any atom is 0.220 e. The Morgan fingerprint density at radius 3 is 1.09 bits per heavy atom. The lowest BCUT2D eigenvalue weighted by Gasteiger charge is -2.19. The lowest BCUT2D eigenvalue weighted by atomic mass is 10.0. The summed E-state index contributed by atoms with van der Waals surface area (Å²) in [5, 5.41) is 23.0. The number of hydrogen-bond acceptors (Lipinski definition) is 3. The molecule has 0 aliphatic heterocycles. The number of carbonyl (C=O) groups excluding carboxylic acids is 1. The van der Waals surface area contributed by atoms with Crippen molar-refractivity contribution in [1.82, 2.24) is 5.32 Å². The van der Waals surface area contributed by atoms with Crippen molar-refractivity contribution in [3.63, 3.8) is 0 Å². The van der Waals surface area contributed by atoms with Gasteiger partial charge in [-0.25, -0.2) is 0 Å². The maximum atomic E-state index is 12.4. The van der Waals surface area contributed by atoms with E-state index in [1.165, 1.54) is 186 Å². The molecule has 4 heteroatoms. The van der Waals surface area contributed by atoms with E-state index in [1.54, 1.807) is 6.08 Å². The van der Waals surface area contributed by atoms with Crippen molar-refractivity contribution in [3.8, 4) is 0 Å². The van der Waals surface area contributed by atoms with Crippen molar-refractivity contribution in [2.24, 2.45) is 0 Å². The van der Waals surface area contributed by atoms with Crippen LogP contribution in [0.1, 0.15) is 271 Å². The Hall–Kier alpha value is -2.43. The molecule has 1 amide bonds. The number of rotatable bonds is 50. The van der Waals surface area contributed by atoms with Gasteiger partial charge in [-0.05, 0) is 77.0 Å². The van der Waals surface area contributed by atoms with Crippen molar-refractivity contribution in [2.45, 2.75) is 283 Å². The zero-order valence-electron chi connectivity index (χ0n) is 42.5. The molecule has 0 aromatic carbocycles. The quantitative estimate of drug-likeness (QED) is 0.0421. The molecule has 0 aromatic rings. The van der Waals surface area contributed by atoms with Crippen molar-refractivity contribution in [3.05, 3.63) is 85.1 Å². The molecule has 0 aromatic heterocycles. The fourth-order valence-electron chi connectivity index (χ4n) is 8.16.